The first-order chi connectivity index (χ1) is 14.8. The average Bonchev–Trinajstić information content (AvgIpc) is 3.35. The summed E-state index contributed by atoms with van der Waals surface area (Å²) in [5, 5.41) is 7.28. The lowest BCUT2D eigenvalue weighted by atomic mass is 9.85. The van der Waals surface area contributed by atoms with Crippen molar-refractivity contribution in [1.82, 2.24) is 10.6 Å². The van der Waals surface area contributed by atoms with E-state index in [2.05, 4.69) is 22.8 Å². The number of halogens is 3. The smallest absolute Gasteiger partial charge is 0.421 e. The second kappa shape index (κ2) is 7.22. The van der Waals surface area contributed by atoms with Gasteiger partial charge >= 0.3 is 6.18 Å². The molecule has 0 bridgehead atoms. The predicted octanol–water partition coefficient (Wildman–Crippen LogP) is 4.24. The summed E-state index contributed by atoms with van der Waals surface area (Å²) in [5.74, 6) is 1.14. The van der Waals surface area contributed by atoms with E-state index in [0.717, 1.165) is 25.5 Å². The van der Waals surface area contributed by atoms with Gasteiger partial charge in [0.05, 0.1) is 19.8 Å². The Labute approximate surface area is 180 Å². The summed E-state index contributed by atoms with van der Waals surface area (Å²) >= 11 is 0. The topological polar surface area (TPSA) is 42.5 Å². The SMILES string of the molecule is COc1cc2c(cc1CN[C@]13C[C@H]1CN[C@H]3c1ccccc1)C(C)(C(F)(F)F)OCC2. The van der Waals surface area contributed by atoms with Crippen LogP contribution in [-0.4, -0.2) is 32.0 Å². The van der Waals surface area contributed by atoms with Gasteiger partial charge in [-0.05, 0) is 54.5 Å². The van der Waals surface area contributed by atoms with E-state index in [-0.39, 0.29) is 23.8 Å². The van der Waals surface area contributed by atoms with Crippen LogP contribution in [0.2, 0.25) is 0 Å². The van der Waals surface area contributed by atoms with Gasteiger partial charge in [-0.25, -0.2) is 0 Å². The zero-order valence-corrected chi connectivity index (χ0v) is 17.7. The van der Waals surface area contributed by atoms with Crippen LogP contribution in [0, 0.1) is 5.92 Å². The first-order valence-corrected chi connectivity index (χ1v) is 10.7. The summed E-state index contributed by atoms with van der Waals surface area (Å²) < 4.78 is 52.5. The van der Waals surface area contributed by atoms with Crippen molar-refractivity contribution in [2.75, 3.05) is 20.3 Å². The van der Waals surface area contributed by atoms with Crippen molar-refractivity contribution in [1.29, 1.82) is 0 Å². The zero-order chi connectivity index (χ0) is 21.9. The van der Waals surface area contributed by atoms with Crippen LogP contribution in [-0.2, 0) is 23.3 Å². The molecular formula is C24H27F3N2O2. The van der Waals surface area contributed by atoms with Crippen LogP contribution in [0.3, 0.4) is 0 Å². The van der Waals surface area contributed by atoms with Crippen LogP contribution in [0.25, 0.3) is 0 Å². The Balaban J connectivity index is 1.44. The van der Waals surface area contributed by atoms with E-state index < -0.39 is 11.8 Å². The Hall–Kier alpha value is -2.09. The predicted molar refractivity (Wildman–Crippen MR) is 111 cm³/mol. The number of methoxy groups -OCH3 is 1. The van der Waals surface area contributed by atoms with Gasteiger partial charge in [-0.3, -0.25) is 0 Å². The van der Waals surface area contributed by atoms with Crippen molar-refractivity contribution >= 4 is 0 Å². The fraction of sp³-hybridized carbons (Fsp3) is 0.500. The third-order valence-electron chi connectivity index (χ3n) is 7.30. The molecule has 0 aromatic heterocycles. The summed E-state index contributed by atoms with van der Waals surface area (Å²) in [7, 11) is 1.57. The van der Waals surface area contributed by atoms with Crippen molar-refractivity contribution in [3.05, 3.63) is 64.7 Å². The number of ether oxygens (including phenoxy) is 2. The Bertz CT molecular complexity index is 981. The van der Waals surface area contributed by atoms with Crippen LogP contribution < -0.4 is 15.4 Å². The summed E-state index contributed by atoms with van der Waals surface area (Å²) in [4.78, 5) is 0. The van der Waals surface area contributed by atoms with E-state index in [1.807, 2.05) is 18.2 Å². The number of rotatable bonds is 5. The number of hydrogen-bond donors (Lipinski definition) is 2. The largest absolute Gasteiger partial charge is 0.496 e. The van der Waals surface area contributed by atoms with Gasteiger partial charge in [0.15, 0.2) is 5.60 Å². The molecule has 2 aliphatic heterocycles. The van der Waals surface area contributed by atoms with Gasteiger partial charge in [-0.2, -0.15) is 13.2 Å². The Morgan fingerprint density at radius 2 is 2.00 bits per heavy atom. The van der Waals surface area contributed by atoms with Gasteiger partial charge in [0, 0.05) is 24.2 Å². The lowest BCUT2D eigenvalue weighted by molar-refractivity contribution is -0.281. The first kappa shape index (κ1) is 20.8. The Kier molecular flexibility index (Phi) is 4.84. The van der Waals surface area contributed by atoms with Crippen LogP contribution in [0.15, 0.2) is 42.5 Å². The molecule has 1 aliphatic carbocycles. The van der Waals surface area contributed by atoms with Gasteiger partial charge < -0.3 is 20.1 Å². The highest BCUT2D eigenvalue weighted by Crippen LogP contribution is 2.56. The summed E-state index contributed by atoms with van der Waals surface area (Å²) in [6, 6.07) is 13.9. The van der Waals surface area contributed by atoms with E-state index in [9.17, 15) is 13.2 Å². The number of hydrogen-bond acceptors (Lipinski definition) is 4. The third kappa shape index (κ3) is 3.25. The molecule has 5 rings (SSSR count). The van der Waals surface area contributed by atoms with E-state index in [1.165, 1.54) is 5.56 Å². The summed E-state index contributed by atoms with van der Waals surface area (Å²) in [6.45, 7) is 2.54. The Morgan fingerprint density at radius 3 is 2.68 bits per heavy atom. The summed E-state index contributed by atoms with van der Waals surface area (Å²) in [5.41, 5.74) is 0.401. The molecule has 1 saturated heterocycles. The maximum atomic E-state index is 13.9. The molecule has 166 valence electrons. The second-order valence-corrected chi connectivity index (χ2v) is 9.00. The van der Waals surface area contributed by atoms with Crippen LogP contribution in [0.5, 0.6) is 5.75 Å². The van der Waals surface area contributed by atoms with Crippen LogP contribution in [0.4, 0.5) is 13.2 Å². The number of alkyl halides is 3. The molecule has 1 saturated carbocycles. The third-order valence-corrected chi connectivity index (χ3v) is 7.30. The van der Waals surface area contributed by atoms with Crippen molar-refractivity contribution in [3.8, 4) is 5.75 Å². The number of nitrogens with one attached hydrogen (secondary N) is 2. The molecule has 0 spiro atoms. The lowest BCUT2D eigenvalue weighted by Gasteiger charge is -2.38. The molecule has 31 heavy (non-hydrogen) atoms. The normalized spacial score (nSPS) is 31.8. The minimum Gasteiger partial charge on any atom is -0.496 e. The summed E-state index contributed by atoms with van der Waals surface area (Å²) in [6.07, 6.45) is -3.00. The molecule has 4 atom stereocenters. The number of piperidine rings is 1. The maximum Gasteiger partial charge on any atom is 0.421 e. The standard InChI is InChI=1S/C24H27F3N2O2/c1-22(24(25,26)27)19-10-17(20(30-2)11-16(19)8-9-31-22)13-29-23-12-18(23)14-28-21(23)15-6-4-3-5-7-15/h3-7,10-11,18,21,28-29H,8-9,12-14H2,1-2H3/t18-,21-,22?,23+/m0/s1. The highest BCUT2D eigenvalue weighted by atomic mass is 19.4. The monoisotopic (exact) mass is 432 g/mol. The Morgan fingerprint density at radius 1 is 1.23 bits per heavy atom. The molecule has 0 amide bonds. The molecular weight excluding hydrogens is 405 g/mol. The minimum atomic E-state index is -4.49. The van der Waals surface area contributed by atoms with Crippen LogP contribution >= 0.6 is 0 Å². The van der Waals surface area contributed by atoms with Gasteiger partial charge in [0.25, 0.3) is 0 Å². The minimum absolute atomic E-state index is 0.0407. The second-order valence-electron chi connectivity index (χ2n) is 9.00. The van der Waals surface area contributed by atoms with Crippen LogP contribution in [0.1, 0.15) is 41.6 Å². The van der Waals surface area contributed by atoms with E-state index in [4.69, 9.17) is 9.47 Å². The number of benzene rings is 2. The lowest BCUT2D eigenvalue weighted by Crippen LogP contribution is -2.45. The molecule has 2 aromatic rings. The molecule has 4 nitrogen and oxygen atoms in total. The van der Waals surface area contributed by atoms with E-state index in [1.54, 1.807) is 19.2 Å². The molecule has 1 unspecified atom stereocenters. The maximum absolute atomic E-state index is 13.9. The van der Waals surface area contributed by atoms with Gasteiger partial charge in [-0.1, -0.05) is 30.3 Å². The van der Waals surface area contributed by atoms with Gasteiger partial charge in [-0.15, -0.1) is 0 Å². The molecule has 0 radical (unpaired) electrons. The average molecular weight is 432 g/mol. The zero-order valence-electron chi connectivity index (χ0n) is 17.7. The van der Waals surface area contributed by atoms with Crippen molar-refractivity contribution in [2.24, 2.45) is 5.92 Å². The van der Waals surface area contributed by atoms with Gasteiger partial charge in [0.1, 0.15) is 5.75 Å². The quantitative estimate of drug-likeness (QED) is 0.742. The molecule has 2 aromatic carbocycles. The van der Waals surface area contributed by atoms with Gasteiger partial charge in [0.2, 0.25) is 0 Å². The van der Waals surface area contributed by atoms with E-state index in [0.29, 0.717) is 30.2 Å². The van der Waals surface area contributed by atoms with Crippen molar-refractivity contribution in [2.45, 2.75) is 49.7 Å². The molecule has 3 aliphatic rings. The molecule has 2 N–H and O–H groups in total. The fourth-order valence-electron chi connectivity index (χ4n) is 5.36. The molecule has 7 heteroatoms. The highest BCUT2D eigenvalue weighted by Gasteiger charge is 2.63. The van der Waals surface area contributed by atoms with Crippen molar-refractivity contribution < 1.29 is 22.6 Å². The van der Waals surface area contributed by atoms with Crippen molar-refractivity contribution in [3.63, 3.8) is 0 Å². The first-order valence-electron chi connectivity index (χ1n) is 10.7. The van der Waals surface area contributed by atoms with E-state index >= 15 is 0 Å². The highest BCUT2D eigenvalue weighted by molar-refractivity contribution is 5.47. The fourth-order valence-corrected chi connectivity index (χ4v) is 5.36. The molecule has 2 fully saturated rings. The number of fused-ring (bicyclic) bond motifs is 2. The molecule has 2 heterocycles.